The van der Waals surface area contributed by atoms with E-state index in [0.717, 1.165) is 19.8 Å². The maximum Gasteiger partial charge on any atom is 0.0661 e. The van der Waals surface area contributed by atoms with Crippen molar-refractivity contribution in [3.63, 3.8) is 0 Å². The Hall–Kier alpha value is -0.120. The van der Waals surface area contributed by atoms with E-state index in [1.807, 2.05) is 0 Å². The first-order chi connectivity index (χ1) is 8.85. The summed E-state index contributed by atoms with van der Waals surface area (Å²) < 4.78 is 11.5. The second-order valence-electron chi connectivity index (χ2n) is 6.25. The zero-order chi connectivity index (χ0) is 12.4. The summed E-state index contributed by atoms with van der Waals surface area (Å²) in [4.78, 5) is 0. The lowest BCUT2D eigenvalue weighted by Gasteiger charge is -2.58. The minimum Gasteiger partial charge on any atom is -0.380 e. The lowest BCUT2D eigenvalue weighted by atomic mass is 9.55. The lowest BCUT2D eigenvalue weighted by Crippen LogP contribution is -2.66. The van der Waals surface area contributed by atoms with Crippen LogP contribution in [0.4, 0.5) is 0 Å². The van der Waals surface area contributed by atoms with Crippen molar-refractivity contribution in [2.75, 3.05) is 19.8 Å². The summed E-state index contributed by atoms with van der Waals surface area (Å²) in [5, 5.41) is 3.86. The SMILES string of the molecule is CCO[C@@H]1C[C@@H](N[C@@H]2CCOC2)C12CCCCC2. The molecule has 0 bridgehead atoms. The Balaban J connectivity index is 1.62. The van der Waals surface area contributed by atoms with Gasteiger partial charge in [0.15, 0.2) is 0 Å². The van der Waals surface area contributed by atoms with E-state index in [4.69, 9.17) is 9.47 Å². The normalized spacial score (nSPS) is 38.8. The van der Waals surface area contributed by atoms with E-state index in [1.165, 1.54) is 44.9 Å². The molecule has 0 aromatic rings. The summed E-state index contributed by atoms with van der Waals surface area (Å²) in [6.07, 6.45) is 9.84. The summed E-state index contributed by atoms with van der Waals surface area (Å²) in [6, 6.07) is 1.28. The maximum atomic E-state index is 5.99. The first-order valence-electron chi connectivity index (χ1n) is 7.80. The summed E-state index contributed by atoms with van der Waals surface area (Å²) >= 11 is 0. The van der Waals surface area contributed by atoms with E-state index in [0.29, 0.717) is 23.6 Å². The van der Waals surface area contributed by atoms with Gasteiger partial charge in [-0.3, -0.25) is 0 Å². The Bertz CT molecular complexity index is 270. The van der Waals surface area contributed by atoms with Gasteiger partial charge in [-0.25, -0.2) is 0 Å². The molecule has 3 fully saturated rings. The van der Waals surface area contributed by atoms with E-state index < -0.39 is 0 Å². The second kappa shape index (κ2) is 5.48. The highest BCUT2D eigenvalue weighted by Crippen LogP contribution is 2.53. The molecule has 3 heteroatoms. The Morgan fingerprint density at radius 2 is 2.11 bits per heavy atom. The molecule has 3 atom stereocenters. The smallest absolute Gasteiger partial charge is 0.0661 e. The molecule has 2 aliphatic carbocycles. The molecule has 1 heterocycles. The molecule has 1 spiro atoms. The molecule has 3 nitrogen and oxygen atoms in total. The predicted octanol–water partition coefficient (Wildman–Crippen LogP) is 2.49. The quantitative estimate of drug-likeness (QED) is 0.835. The minimum atomic E-state index is 0.455. The number of ether oxygens (including phenoxy) is 2. The molecule has 3 rings (SSSR count). The zero-order valence-corrected chi connectivity index (χ0v) is 11.6. The van der Waals surface area contributed by atoms with Crippen LogP contribution in [0, 0.1) is 5.41 Å². The Labute approximate surface area is 111 Å². The summed E-state index contributed by atoms with van der Waals surface area (Å²) in [6.45, 7) is 4.84. The fourth-order valence-corrected chi connectivity index (χ4v) is 4.25. The number of hydrogen-bond acceptors (Lipinski definition) is 3. The number of nitrogens with one attached hydrogen (secondary N) is 1. The van der Waals surface area contributed by atoms with Gasteiger partial charge in [-0.1, -0.05) is 19.3 Å². The molecule has 1 saturated heterocycles. The third-order valence-electron chi connectivity index (χ3n) is 5.30. The van der Waals surface area contributed by atoms with E-state index in [9.17, 15) is 0 Å². The van der Waals surface area contributed by atoms with Crippen LogP contribution in [0.25, 0.3) is 0 Å². The standard InChI is InChI=1S/C15H27NO2/c1-2-18-14-10-13(16-12-6-9-17-11-12)15(14)7-4-3-5-8-15/h12-14,16H,2-11H2,1H3/t12-,13-,14-/m1/s1. The first-order valence-corrected chi connectivity index (χ1v) is 7.80. The fourth-order valence-electron chi connectivity index (χ4n) is 4.25. The Kier molecular flexibility index (Phi) is 3.92. The molecular weight excluding hydrogens is 226 g/mol. The Morgan fingerprint density at radius 3 is 2.78 bits per heavy atom. The highest BCUT2D eigenvalue weighted by atomic mass is 16.5. The molecule has 0 radical (unpaired) electrons. The highest BCUT2D eigenvalue weighted by Gasteiger charge is 2.55. The van der Waals surface area contributed by atoms with Crippen LogP contribution < -0.4 is 5.32 Å². The van der Waals surface area contributed by atoms with Crippen LogP contribution >= 0.6 is 0 Å². The summed E-state index contributed by atoms with van der Waals surface area (Å²) in [5.74, 6) is 0. The van der Waals surface area contributed by atoms with Crippen molar-refractivity contribution in [1.29, 1.82) is 0 Å². The summed E-state index contributed by atoms with van der Waals surface area (Å²) in [7, 11) is 0. The van der Waals surface area contributed by atoms with Gasteiger partial charge in [0.1, 0.15) is 0 Å². The van der Waals surface area contributed by atoms with Crippen molar-refractivity contribution in [2.24, 2.45) is 5.41 Å². The van der Waals surface area contributed by atoms with Crippen molar-refractivity contribution >= 4 is 0 Å². The van der Waals surface area contributed by atoms with Gasteiger partial charge in [-0.05, 0) is 32.6 Å². The third kappa shape index (κ3) is 2.21. The van der Waals surface area contributed by atoms with E-state index >= 15 is 0 Å². The van der Waals surface area contributed by atoms with Crippen LogP contribution in [-0.2, 0) is 9.47 Å². The average Bonchev–Trinajstić information content (AvgIpc) is 2.92. The van der Waals surface area contributed by atoms with Crippen molar-refractivity contribution in [3.05, 3.63) is 0 Å². The second-order valence-corrected chi connectivity index (χ2v) is 6.25. The molecule has 0 aromatic carbocycles. The number of rotatable bonds is 4. The van der Waals surface area contributed by atoms with Crippen LogP contribution in [0.3, 0.4) is 0 Å². The lowest BCUT2D eigenvalue weighted by molar-refractivity contribution is -0.152. The minimum absolute atomic E-state index is 0.455. The van der Waals surface area contributed by atoms with Gasteiger partial charge >= 0.3 is 0 Å². The van der Waals surface area contributed by atoms with Crippen LogP contribution in [0.1, 0.15) is 51.9 Å². The third-order valence-corrected chi connectivity index (χ3v) is 5.30. The van der Waals surface area contributed by atoms with Gasteiger partial charge in [0.25, 0.3) is 0 Å². The van der Waals surface area contributed by atoms with Crippen LogP contribution in [0.5, 0.6) is 0 Å². The molecule has 104 valence electrons. The predicted molar refractivity (Wildman–Crippen MR) is 71.7 cm³/mol. The molecule has 18 heavy (non-hydrogen) atoms. The fraction of sp³-hybridized carbons (Fsp3) is 1.00. The van der Waals surface area contributed by atoms with Crippen LogP contribution in [0.2, 0.25) is 0 Å². The van der Waals surface area contributed by atoms with Gasteiger partial charge in [0.05, 0.1) is 12.7 Å². The first kappa shape index (κ1) is 12.9. The molecule has 3 aliphatic rings. The van der Waals surface area contributed by atoms with E-state index in [-0.39, 0.29) is 0 Å². The topological polar surface area (TPSA) is 30.5 Å². The zero-order valence-electron chi connectivity index (χ0n) is 11.6. The maximum absolute atomic E-state index is 5.99. The monoisotopic (exact) mass is 253 g/mol. The molecule has 1 aliphatic heterocycles. The molecule has 2 saturated carbocycles. The van der Waals surface area contributed by atoms with Crippen LogP contribution in [-0.4, -0.2) is 38.0 Å². The van der Waals surface area contributed by atoms with Gasteiger partial charge in [0.2, 0.25) is 0 Å². The molecular formula is C15H27NO2. The van der Waals surface area contributed by atoms with Gasteiger partial charge in [-0.2, -0.15) is 0 Å². The van der Waals surface area contributed by atoms with Crippen molar-refractivity contribution < 1.29 is 9.47 Å². The van der Waals surface area contributed by atoms with Gasteiger partial charge < -0.3 is 14.8 Å². The van der Waals surface area contributed by atoms with Crippen molar-refractivity contribution in [2.45, 2.75) is 70.1 Å². The van der Waals surface area contributed by atoms with E-state index in [2.05, 4.69) is 12.2 Å². The average molecular weight is 253 g/mol. The largest absolute Gasteiger partial charge is 0.380 e. The highest BCUT2D eigenvalue weighted by molar-refractivity contribution is 5.09. The van der Waals surface area contributed by atoms with Crippen LogP contribution in [0.15, 0.2) is 0 Å². The van der Waals surface area contributed by atoms with Gasteiger partial charge in [-0.15, -0.1) is 0 Å². The van der Waals surface area contributed by atoms with Crippen molar-refractivity contribution in [1.82, 2.24) is 5.32 Å². The molecule has 0 unspecified atom stereocenters. The molecule has 0 aromatic heterocycles. The van der Waals surface area contributed by atoms with E-state index in [1.54, 1.807) is 0 Å². The summed E-state index contributed by atoms with van der Waals surface area (Å²) in [5.41, 5.74) is 0.455. The molecule has 0 amide bonds. The van der Waals surface area contributed by atoms with Crippen molar-refractivity contribution in [3.8, 4) is 0 Å². The Morgan fingerprint density at radius 1 is 1.28 bits per heavy atom. The molecule has 1 N–H and O–H groups in total. The number of hydrogen-bond donors (Lipinski definition) is 1. The van der Waals surface area contributed by atoms with Gasteiger partial charge in [0, 0.05) is 30.7 Å².